The summed E-state index contributed by atoms with van der Waals surface area (Å²) in [5.74, 6) is -0.166. The van der Waals surface area contributed by atoms with Crippen LogP contribution in [0.25, 0.3) is 11.4 Å². The van der Waals surface area contributed by atoms with Gasteiger partial charge in [0.05, 0.1) is 24.0 Å². The van der Waals surface area contributed by atoms with Crippen molar-refractivity contribution in [3.8, 4) is 17.1 Å². The van der Waals surface area contributed by atoms with Crippen LogP contribution in [0.1, 0.15) is 31.3 Å². The number of carbonyl (C=O) groups excluding carboxylic acids is 1. The Morgan fingerprint density at radius 1 is 1.22 bits per heavy atom. The Kier molecular flexibility index (Phi) is 6.97. The summed E-state index contributed by atoms with van der Waals surface area (Å²) >= 11 is 5.91. The van der Waals surface area contributed by atoms with Gasteiger partial charge in [0.25, 0.3) is 0 Å². The van der Waals surface area contributed by atoms with Crippen LogP contribution in [0.5, 0.6) is 5.75 Å². The lowest BCUT2D eigenvalue weighted by molar-refractivity contribution is -0.00385. The third-order valence-corrected chi connectivity index (χ3v) is 5.47. The standard InChI is InChI=1S/C23H26ClN7O5/c1-23(2,3)36-22(34)30-9-13(10-30)11-31-12-25-20(29-31)14-6-5-7-15(19(14)35-4)26-16-8-17(24)27-28-18(16)21(32)33/h5-8,12-13H,9-11H2,1-4H3,(H,26,27)(H,32,33). The highest BCUT2D eigenvalue weighted by atomic mass is 35.5. The van der Waals surface area contributed by atoms with Gasteiger partial charge in [-0.25, -0.2) is 14.6 Å². The van der Waals surface area contributed by atoms with Crippen molar-refractivity contribution >= 4 is 35.0 Å². The number of methoxy groups -OCH3 is 1. The summed E-state index contributed by atoms with van der Waals surface area (Å²) in [4.78, 5) is 29.8. The first-order valence-electron chi connectivity index (χ1n) is 11.1. The summed E-state index contributed by atoms with van der Waals surface area (Å²) in [6.07, 6.45) is 1.31. The van der Waals surface area contributed by atoms with Gasteiger partial charge in [-0.05, 0) is 32.9 Å². The molecule has 0 unspecified atom stereocenters. The Hall–Kier alpha value is -3.93. The van der Waals surface area contributed by atoms with Gasteiger partial charge in [0, 0.05) is 31.6 Å². The van der Waals surface area contributed by atoms with Gasteiger partial charge in [0.1, 0.15) is 11.9 Å². The normalized spacial score (nSPS) is 13.8. The van der Waals surface area contributed by atoms with Gasteiger partial charge in [-0.15, -0.1) is 10.2 Å². The van der Waals surface area contributed by atoms with E-state index >= 15 is 0 Å². The second-order valence-electron chi connectivity index (χ2n) is 9.29. The van der Waals surface area contributed by atoms with Crippen LogP contribution in [0, 0.1) is 5.92 Å². The van der Waals surface area contributed by atoms with Gasteiger partial charge in [-0.1, -0.05) is 17.7 Å². The molecule has 0 bridgehead atoms. The number of hydrogen-bond acceptors (Lipinski definition) is 9. The molecule has 2 N–H and O–H groups in total. The van der Waals surface area contributed by atoms with Crippen LogP contribution in [-0.2, 0) is 11.3 Å². The lowest BCUT2D eigenvalue weighted by Gasteiger charge is -2.39. The molecule has 1 aliphatic heterocycles. The second kappa shape index (κ2) is 9.97. The highest BCUT2D eigenvalue weighted by Gasteiger charge is 2.34. The minimum absolute atomic E-state index is 0.0410. The Balaban J connectivity index is 1.48. The summed E-state index contributed by atoms with van der Waals surface area (Å²) < 4.78 is 12.7. The van der Waals surface area contributed by atoms with Crippen molar-refractivity contribution < 1.29 is 24.2 Å². The number of anilines is 2. The van der Waals surface area contributed by atoms with Crippen LogP contribution in [0.4, 0.5) is 16.2 Å². The number of nitrogens with one attached hydrogen (secondary N) is 1. The molecule has 36 heavy (non-hydrogen) atoms. The Bertz CT molecular complexity index is 1280. The topological polar surface area (TPSA) is 145 Å². The van der Waals surface area contributed by atoms with E-state index in [2.05, 4.69) is 25.6 Å². The molecular formula is C23H26ClN7O5. The molecule has 1 fully saturated rings. The predicted molar refractivity (Wildman–Crippen MR) is 131 cm³/mol. The Labute approximate surface area is 212 Å². The second-order valence-corrected chi connectivity index (χ2v) is 9.67. The lowest BCUT2D eigenvalue weighted by Crippen LogP contribution is -2.52. The van der Waals surface area contributed by atoms with Crippen LogP contribution in [-0.4, -0.2) is 72.8 Å². The number of carbonyl (C=O) groups is 2. The number of para-hydroxylation sites is 1. The van der Waals surface area contributed by atoms with E-state index in [1.165, 1.54) is 13.2 Å². The molecule has 0 spiro atoms. The number of ether oxygens (including phenoxy) is 2. The number of amides is 1. The molecule has 1 aromatic carbocycles. The fraction of sp³-hybridized carbons (Fsp3) is 0.391. The third-order valence-electron chi connectivity index (χ3n) is 5.29. The number of likely N-dealkylation sites (tertiary alicyclic amines) is 1. The summed E-state index contributed by atoms with van der Waals surface area (Å²) in [6, 6.07) is 6.66. The van der Waals surface area contributed by atoms with Crippen molar-refractivity contribution in [2.24, 2.45) is 5.92 Å². The zero-order chi connectivity index (χ0) is 26.0. The highest BCUT2D eigenvalue weighted by Crippen LogP contribution is 2.37. The minimum Gasteiger partial charge on any atom is -0.494 e. The molecule has 1 saturated heterocycles. The molecule has 3 heterocycles. The molecule has 1 aliphatic rings. The van der Waals surface area contributed by atoms with Gasteiger partial charge >= 0.3 is 12.1 Å². The fourth-order valence-electron chi connectivity index (χ4n) is 3.73. The molecule has 1 amide bonds. The van der Waals surface area contributed by atoms with Crippen molar-refractivity contribution in [3.05, 3.63) is 41.4 Å². The molecule has 13 heteroatoms. The number of aromatic carboxylic acids is 1. The van der Waals surface area contributed by atoms with Gasteiger partial charge in [0.15, 0.2) is 22.4 Å². The predicted octanol–water partition coefficient (Wildman–Crippen LogP) is 3.71. The summed E-state index contributed by atoms with van der Waals surface area (Å²) in [6.45, 7) is 7.28. The average Bonchev–Trinajstić information content (AvgIpc) is 3.23. The van der Waals surface area contributed by atoms with Gasteiger partial charge in [0.2, 0.25) is 0 Å². The molecule has 0 aliphatic carbocycles. The van der Waals surface area contributed by atoms with Crippen LogP contribution in [0.15, 0.2) is 30.6 Å². The zero-order valence-corrected chi connectivity index (χ0v) is 21.0. The highest BCUT2D eigenvalue weighted by molar-refractivity contribution is 6.29. The maximum absolute atomic E-state index is 12.1. The van der Waals surface area contributed by atoms with Crippen molar-refractivity contribution in [1.29, 1.82) is 0 Å². The van der Waals surface area contributed by atoms with E-state index in [9.17, 15) is 14.7 Å². The SMILES string of the molecule is COc1c(Nc2cc(Cl)nnc2C(=O)O)cccc1-c1ncn(CC2CN(C(=O)OC(C)(C)C)C2)n1. The summed E-state index contributed by atoms with van der Waals surface area (Å²) in [5, 5.41) is 24.3. The van der Waals surface area contributed by atoms with Gasteiger partial charge in [-0.2, -0.15) is 5.10 Å². The number of carboxylic acid groups (broad SMARTS) is 1. The number of aromatic nitrogens is 5. The molecule has 0 atom stereocenters. The van der Waals surface area contributed by atoms with Gasteiger partial charge in [-0.3, -0.25) is 4.68 Å². The van der Waals surface area contributed by atoms with E-state index in [0.29, 0.717) is 42.5 Å². The van der Waals surface area contributed by atoms with Crippen molar-refractivity contribution in [1.82, 2.24) is 29.9 Å². The third kappa shape index (κ3) is 5.65. The van der Waals surface area contributed by atoms with Crippen LogP contribution in [0.2, 0.25) is 5.15 Å². The van der Waals surface area contributed by atoms with Crippen molar-refractivity contribution in [2.45, 2.75) is 32.9 Å². The average molecular weight is 516 g/mol. The number of hydrogen-bond donors (Lipinski definition) is 2. The zero-order valence-electron chi connectivity index (χ0n) is 20.2. The number of halogens is 1. The Morgan fingerprint density at radius 2 is 1.97 bits per heavy atom. The van der Waals surface area contributed by atoms with Crippen LogP contribution < -0.4 is 10.1 Å². The summed E-state index contributed by atoms with van der Waals surface area (Å²) in [7, 11) is 1.50. The van der Waals surface area contributed by atoms with E-state index in [1.807, 2.05) is 20.8 Å². The van der Waals surface area contributed by atoms with Crippen molar-refractivity contribution in [3.63, 3.8) is 0 Å². The fourth-order valence-corrected chi connectivity index (χ4v) is 3.88. The smallest absolute Gasteiger partial charge is 0.410 e. The van der Waals surface area contributed by atoms with E-state index in [4.69, 9.17) is 21.1 Å². The maximum Gasteiger partial charge on any atom is 0.410 e. The van der Waals surface area contributed by atoms with E-state index in [1.54, 1.807) is 34.1 Å². The number of nitrogens with zero attached hydrogens (tertiary/aromatic N) is 6. The molecule has 0 saturated carbocycles. The van der Waals surface area contributed by atoms with E-state index < -0.39 is 11.6 Å². The molecule has 4 rings (SSSR count). The van der Waals surface area contributed by atoms with Crippen LogP contribution >= 0.6 is 11.6 Å². The molecule has 190 valence electrons. The van der Waals surface area contributed by atoms with Crippen LogP contribution in [0.3, 0.4) is 0 Å². The Morgan fingerprint density at radius 3 is 2.64 bits per heavy atom. The van der Waals surface area contributed by atoms with Crippen molar-refractivity contribution in [2.75, 3.05) is 25.5 Å². The van der Waals surface area contributed by atoms with Gasteiger partial charge < -0.3 is 24.8 Å². The molecule has 0 radical (unpaired) electrons. The first-order chi connectivity index (χ1) is 17.0. The number of rotatable bonds is 7. The monoisotopic (exact) mass is 515 g/mol. The molecule has 12 nitrogen and oxygen atoms in total. The summed E-state index contributed by atoms with van der Waals surface area (Å²) in [5.41, 5.74) is 0.437. The first-order valence-corrected chi connectivity index (χ1v) is 11.5. The first kappa shape index (κ1) is 25.2. The number of carboxylic acids is 1. The minimum atomic E-state index is -1.25. The van der Waals surface area contributed by atoms with E-state index in [-0.39, 0.29) is 28.5 Å². The molecule has 3 aromatic rings. The number of benzene rings is 1. The largest absolute Gasteiger partial charge is 0.494 e. The van der Waals surface area contributed by atoms with E-state index in [0.717, 1.165) is 0 Å². The lowest BCUT2D eigenvalue weighted by atomic mass is 10.0. The molecular weight excluding hydrogens is 490 g/mol. The molecule has 2 aromatic heterocycles. The quantitative estimate of drug-likeness (QED) is 0.477. The maximum atomic E-state index is 12.1.